The summed E-state index contributed by atoms with van der Waals surface area (Å²) < 4.78 is 0. The quantitative estimate of drug-likeness (QED) is 0.800. The normalized spacial score (nSPS) is 17.0. The number of piperazine rings is 1. The van der Waals surface area contributed by atoms with E-state index in [1.807, 2.05) is 29.2 Å². The molecule has 0 saturated carbocycles. The maximum Gasteiger partial charge on any atom is 0.237 e. The molecular formula is C19H21N5O2S. The molecule has 2 amide bonds. The highest BCUT2D eigenvalue weighted by molar-refractivity contribution is 8.00. The van der Waals surface area contributed by atoms with Crippen LogP contribution in [-0.4, -0.2) is 65.2 Å². The second-order valence-electron chi connectivity index (χ2n) is 6.47. The van der Waals surface area contributed by atoms with Crippen molar-refractivity contribution in [3.8, 4) is 0 Å². The van der Waals surface area contributed by atoms with Gasteiger partial charge < -0.3 is 14.7 Å². The van der Waals surface area contributed by atoms with Crippen LogP contribution < -0.4 is 9.80 Å². The van der Waals surface area contributed by atoms with E-state index in [0.717, 1.165) is 23.7 Å². The average molecular weight is 383 g/mol. The Bertz CT molecular complexity index is 824. The molecule has 1 aromatic carbocycles. The van der Waals surface area contributed by atoms with E-state index in [1.54, 1.807) is 35.1 Å². The van der Waals surface area contributed by atoms with Crippen LogP contribution in [-0.2, 0) is 9.59 Å². The molecule has 140 valence electrons. The zero-order valence-corrected chi connectivity index (χ0v) is 15.8. The Labute approximate surface area is 162 Å². The minimum absolute atomic E-state index is 0.0672. The summed E-state index contributed by atoms with van der Waals surface area (Å²) in [6.07, 6.45) is 3.80. The molecular weight excluding hydrogens is 362 g/mol. The Kier molecular flexibility index (Phi) is 5.24. The molecule has 1 aromatic heterocycles. The fourth-order valence-corrected chi connectivity index (χ4v) is 4.31. The highest BCUT2D eigenvalue weighted by Gasteiger charge is 2.27. The molecule has 7 nitrogen and oxygen atoms in total. The van der Waals surface area contributed by atoms with E-state index in [-0.39, 0.29) is 11.8 Å². The molecule has 2 aliphatic heterocycles. The van der Waals surface area contributed by atoms with Gasteiger partial charge in [0.1, 0.15) is 0 Å². The fraction of sp³-hybridized carbons (Fsp3) is 0.368. The van der Waals surface area contributed by atoms with Gasteiger partial charge in [0, 0.05) is 56.4 Å². The summed E-state index contributed by atoms with van der Waals surface area (Å²) in [7, 11) is 0. The number of aromatic nitrogens is 2. The smallest absolute Gasteiger partial charge is 0.237 e. The lowest BCUT2D eigenvalue weighted by Crippen LogP contribution is -2.50. The minimum atomic E-state index is 0.0672. The monoisotopic (exact) mass is 383 g/mol. The molecule has 0 radical (unpaired) electrons. The SMILES string of the molecule is O=C(CCN1C(=O)CSc2ccccc21)N1CCN(c2ncccn2)CC1. The Morgan fingerprint density at radius 3 is 2.56 bits per heavy atom. The summed E-state index contributed by atoms with van der Waals surface area (Å²) in [6, 6.07) is 9.66. The van der Waals surface area contributed by atoms with Gasteiger partial charge in [-0.25, -0.2) is 9.97 Å². The topological polar surface area (TPSA) is 69.6 Å². The number of para-hydroxylation sites is 1. The van der Waals surface area contributed by atoms with Crippen LogP contribution in [0.15, 0.2) is 47.6 Å². The standard InChI is InChI=1S/C19H21N5O2S/c25-17(22-10-12-23(13-11-22)19-20-7-3-8-21-19)6-9-24-15-4-1-2-5-16(15)27-14-18(24)26/h1-5,7-8H,6,9-14H2. The zero-order chi connectivity index (χ0) is 18.6. The van der Waals surface area contributed by atoms with Crippen LogP contribution in [0.2, 0.25) is 0 Å². The van der Waals surface area contributed by atoms with Gasteiger partial charge in [-0.1, -0.05) is 12.1 Å². The highest BCUT2D eigenvalue weighted by Crippen LogP contribution is 2.34. The van der Waals surface area contributed by atoms with E-state index in [2.05, 4.69) is 14.9 Å². The minimum Gasteiger partial charge on any atom is -0.339 e. The van der Waals surface area contributed by atoms with Gasteiger partial charge in [0.15, 0.2) is 0 Å². The van der Waals surface area contributed by atoms with Gasteiger partial charge in [-0.05, 0) is 18.2 Å². The van der Waals surface area contributed by atoms with Gasteiger partial charge in [0.2, 0.25) is 17.8 Å². The predicted octanol–water partition coefficient (Wildman–Crippen LogP) is 1.65. The number of hydrogen-bond acceptors (Lipinski definition) is 6. The number of carbonyl (C=O) groups is 2. The maximum atomic E-state index is 12.6. The van der Waals surface area contributed by atoms with Gasteiger partial charge >= 0.3 is 0 Å². The molecule has 27 heavy (non-hydrogen) atoms. The molecule has 1 saturated heterocycles. The van der Waals surface area contributed by atoms with Crippen molar-refractivity contribution < 1.29 is 9.59 Å². The fourth-order valence-electron chi connectivity index (χ4n) is 3.38. The van der Waals surface area contributed by atoms with E-state index in [1.165, 1.54) is 0 Å². The first kappa shape index (κ1) is 17.8. The Morgan fingerprint density at radius 2 is 1.78 bits per heavy atom. The lowest BCUT2D eigenvalue weighted by atomic mass is 10.2. The molecule has 8 heteroatoms. The van der Waals surface area contributed by atoms with Crippen molar-refractivity contribution in [1.82, 2.24) is 14.9 Å². The van der Waals surface area contributed by atoms with E-state index < -0.39 is 0 Å². The molecule has 0 unspecified atom stereocenters. The van der Waals surface area contributed by atoms with Gasteiger partial charge in [-0.15, -0.1) is 11.8 Å². The number of amides is 2. The van der Waals surface area contributed by atoms with Crippen LogP contribution in [0.25, 0.3) is 0 Å². The van der Waals surface area contributed by atoms with Gasteiger partial charge in [-0.3, -0.25) is 9.59 Å². The molecule has 0 N–H and O–H groups in total. The molecule has 0 bridgehead atoms. The third-order valence-electron chi connectivity index (χ3n) is 4.82. The Balaban J connectivity index is 1.32. The first-order chi connectivity index (χ1) is 13.2. The number of anilines is 2. The number of rotatable bonds is 4. The largest absolute Gasteiger partial charge is 0.339 e. The summed E-state index contributed by atoms with van der Waals surface area (Å²) in [5, 5.41) is 0. The summed E-state index contributed by atoms with van der Waals surface area (Å²) in [5.74, 6) is 1.29. The second-order valence-corrected chi connectivity index (χ2v) is 7.49. The van der Waals surface area contributed by atoms with Crippen molar-refractivity contribution in [1.29, 1.82) is 0 Å². The van der Waals surface area contributed by atoms with E-state index in [0.29, 0.717) is 37.8 Å². The summed E-state index contributed by atoms with van der Waals surface area (Å²) in [5.41, 5.74) is 0.914. The van der Waals surface area contributed by atoms with Gasteiger partial charge in [0.25, 0.3) is 0 Å². The number of benzene rings is 1. The van der Waals surface area contributed by atoms with Crippen molar-refractivity contribution in [3.63, 3.8) is 0 Å². The molecule has 2 aliphatic rings. The van der Waals surface area contributed by atoms with Crippen LogP contribution in [0.1, 0.15) is 6.42 Å². The Morgan fingerprint density at radius 1 is 1.04 bits per heavy atom. The molecule has 0 aliphatic carbocycles. The molecule has 0 atom stereocenters. The van der Waals surface area contributed by atoms with E-state index >= 15 is 0 Å². The number of thioether (sulfide) groups is 1. The van der Waals surface area contributed by atoms with Crippen molar-refractivity contribution in [2.24, 2.45) is 0 Å². The average Bonchev–Trinajstić information content (AvgIpc) is 2.73. The maximum absolute atomic E-state index is 12.6. The first-order valence-corrected chi connectivity index (χ1v) is 10.0. The number of nitrogens with zero attached hydrogens (tertiary/aromatic N) is 5. The molecule has 4 rings (SSSR count). The molecule has 2 aromatic rings. The van der Waals surface area contributed by atoms with Crippen molar-refractivity contribution in [2.45, 2.75) is 11.3 Å². The van der Waals surface area contributed by atoms with Crippen LogP contribution in [0, 0.1) is 0 Å². The summed E-state index contributed by atoms with van der Waals surface area (Å²) >= 11 is 1.56. The Hall–Kier alpha value is -2.61. The van der Waals surface area contributed by atoms with Crippen molar-refractivity contribution in [3.05, 3.63) is 42.7 Å². The molecule has 3 heterocycles. The molecule has 0 spiro atoms. The van der Waals surface area contributed by atoms with Crippen LogP contribution in [0.3, 0.4) is 0 Å². The number of hydrogen-bond donors (Lipinski definition) is 0. The predicted molar refractivity (Wildman–Crippen MR) is 105 cm³/mol. The van der Waals surface area contributed by atoms with E-state index in [9.17, 15) is 9.59 Å². The highest BCUT2D eigenvalue weighted by atomic mass is 32.2. The molecule has 1 fully saturated rings. The second kappa shape index (κ2) is 7.96. The lowest BCUT2D eigenvalue weighted by molar-refractivity contribution is -0.131. The van der Waals surface area contributed by atoms with Crippen molar-refractivity contribution >= 4 is 35.2 Å². The third-order valence-corrected chi connectivity index (χ3v) is 5.87. The van der Waals surface area contributed by atoms with Crippen LogP contribution in [0.4, 0.5) is 11.6 Å². The zero-order valence-electron chi connectivity index (χ0n) is 15.0. The number of carbonyl (C=O) groups excluding carboxylic acids is 2. The van der Waals surface area contributed by atoms with Gasteiger partial charge in [-0.2, -0.15) is 0 Å². The lowest BCUT2D eigenvalue weighted by Gasteiger charge is -2.35. The van der Waals surface area contributed by atoms with Crippen LogP contribution in [0.5, 0.6) is 0 Å². The van der Waals surface area contributed by atoms with Crippen molar-refractivity contribution in [2.75, 3.05) is 48.3 Å². The van der Waals surface area contributed by atoms with E-state index in [4.69, 9.17) is 0 Å². The summed E-state index contributed by atoms with van der Waals surface area (Å²) in [6.45, 7) is 3.17. The van der Waals surface area contributed by atoms with Gasteiger partial charge in [0.05, 0.1) is 11.4 Å². The third kappa shape index (κ3) is 3.90. The summed E-state index contributed by atoms with van der Waals surface area (Å²) in [4.78, 5) is 40.3. The van der Waals surface area contributed by atoms with Crippen LogP contribution >= 0.6 is 11.8 Å². The first-order valence-electron chi connectivity index (χ1n) is 9.04. The number of fused-ring (bicyclic) bond motifs is 1.